The number of halogens is 3. The fourth-order valence-corrected chi connectivity index (χ4v) is 1.59. The van der Waals surface area contributed by atoms with Crippen LogP contribution >= 0.6 is 0 Å². The van der Waals surface area contributed by atoms with E-state index in [1.54, 1.807) is 0 Å². The van der Waals surface area contributed by atoms with Gasteiger partial charge in [0, 0.05) is 6.42 Å². The van der Waals surface area contributed by atoms with Crippen LogP contribution in [0.4, 0.5) is 13.2 Å². The van der Waals surface area contributed by atoms with E-state index in [0.29, 0.717) is 11.3 Å². The molecule has 0 atom stereocenters. The molecule has 1 aromatic heterocycles. The minimum absolute atomic E-state index is 0.139. The van der Waals surface area contributed by atoms with E-state index in [1.165, 1.54) is 24.3 Å². The molecule has 0 radical (unpaired) electrons. The Morgan fingerprint density at radius 1 is 1.30 bits per heavy atom. The van der Waals surface area contributed by atoms with Crippen LogP contribution in [0.25, 0.3) is 0 Å². The maximum absolute atomic E-state index is 12.0. The number of carbonyl (C=O) groups excluding carboxylic acids is 1. The molecule has 0 spiro atoms. The van der Waals surface area contributed by atoms with Gasteiger partial charge in [-0.1, -0.05) is 17.3 Å². The number of amides is 1. The van der Waals surface area contributed by atoms with Gasteiger partial charge in [0.05, 0.1) is 0 Å². The lowest BCUT2D eigenvalue weighted by atomic mass is 10.1. The number of alkyl halides is 3. The Hall–Kier alpha value is -2.51. The first-order chi connectivity index (χ1) is 9.35. The minimum Gasteiger partial charge on any atom is -0.406 e. The van der Waals surface area contributed by atoms with Gasteiger partial charge in [-0.05, 0) is 17.7 Å². The summed E-state index contributed by atoms with van der Waals surface area (Å²) < 4.78 is 44.4. The van der Waals surface area contributed by atoms with E-state index in [4.69, 9.17) is 5.73 Å². The van der Waals surface area contributed by atoms with Crippen molar-refractivity contribution in [3.63, 3.8) is 0 Å². The van der Waals surface area contributed by atoms with Crippen LogP contribution in [0.3, 0.4) is 0 Å². The lowest BCUT2D eigenvalue weighted by Gasteiger charge is -2.09. The minimum atomic E-state index is -4.73. The number of hydrogen-bond donors (Lipinski definition) is 1. The molecule has 2 rings (SSSR count). The van der Waals surface area contributed by atoms with E-state index < -0.39 is 12.3 Å². The lowest BCUT2D eigenvalue weighted by Crippen LogP contribution is -2.17. The summed E-state index contributed by atoms with van der Waals surface area (Å²) in [7, 11) is 0. The quantitative estimate of drug-likeness (QED) is 0.935. The normalized spacial score (nSPS) is 11.3. The molecule has 5 nitrogen and oxygen atoms in total. The molecule has 1 amide bonds. The molecule has 106 valence electrons. The molecule has 0 fully saturated rings. The first-order valence-corrected chi connectivity index (χ1v) is 5.43. The van der Waals surface area contributed by atoms with Gasteiger partial charge < -0.3 is 15.0 Å². The molecule has 20 heavy (non-hydrogen) atoms. The zero-order valence-electron chi connectivity index (χ0n) is 9.98. The molecule has 1 heterocycles. The summed E-state index contributed by atoms with van der Waals surface area (Å²) in [5, 5.41) is 3.63. The highest BCUT2D eigenvalue weighted by Crippen LogP contribution is 2.23. The number of ether oxygens (including phenoxy) is 1. The van der Waals surface area contributed by atoms with Gasteiger partial charge in [-0.25, -0.2) is 0 Å². The zero-order chi connectivity index (χ0) is 14.8. The first kappa shape index (κ1) is 13.9. The van der Waals surface area contributed by atoms with Crippen LogP contribution in [-0.4, -0.2) is 17.4 Å². The number of aromatic nitrogens is 1. The largest absolute Gasteiger partial charge is 0.573 e. The monoisotopic (exact) mass is 286 g/mol. The van der Waals surface area contributed by atoms with Crippen LogP contribution in [0.2, 0.25) is 0 Å². The topological polar surface area (TPSA) is 78.4 Å². The third kappa shape index (κ3) is 3.50. The van der Waals surface area contributed by atoms with Gasteiger partial charge in [-0.3, -0.25) is 4.79 Å². The van der Waals surface area contributed by atoms with Gasteiger partial charge in [-0.15, -0.1) is 13.2 Å². The Morgan fingerprint density at radius 2 is 1.95 bits per heavy atom. The summed E-state index contributed by atoms with van der Waals surface area (Å²) in [6.45, 7) is 0. The second-order valence-electron chi connectivity index (χ2n) is 3.91. The molecule has 8 heteroatoms. The first-order valence-electron chi connectivity index (χ1n) is 5.43. The van der Waals surface area contributed by atoms with Crippen molar-refractivity contribution >= 4 is 5.91 Å². The maximum Gasteiger partial charge on any atom is 0.573 e. The fraction of sp³-hybridized carbons (Fsp3) is 0.167. The Balaban J connectivity index is 2.11. The summed E-state index contributed by atoms with van der Waals surface area (Å²) in [6.07, 6.45) is -3.40. The van der Waals surface area contributed by atoms with Crippen molar-refractivity contribution in [2.45, 2.75) is 12.8 Å². The molecular weight excluding hydrogens is 277 g/mol. The highest BCUT2D eigenvalue weighted by molar-refractivity contribution is 5.93. The second-order valence-corrected chi connectivity index (χ2v) is 3.91. The molecule has 2 aromatic rings. The van der Waals surface area contributed by atoms with Crippen molar-refractivity contribution in [2.75, 3.05) is 0 Å². The van der Waals surface area contributed by atoms with E-state index in [0.717, 1.165) is 6.26 Å². The van der Waals surface area contributed by atoms with Crippen LogP contribution in [-0.2, 0) is 6.42 Å². The molecule has 0 aliphatic heterocycles. The van der Waals surface area contributed by atoms with Crippen LogP contribution in [0, 0.1) is 0 Å². The van der Waals surface area contributed by atoms with Gasteiger partial charge >= 0.3 is 6.36 Å². The molecule has 0 aliphatic rings. The van der Waals surface area contributed by atoms with Crippen molar-refractivity contribution in [2.24, 2.45) is 5.73 Å². The Labute approximate surface area is 111 Å². The number of hydrogen-bond acceptors (Lipinski definition) is 4. The molecule has 0 saturated heterocycles. The highest BCUT2D eigenvalue weighted by Gasteiger charge is 2.30. The molecular formula is C12H9F3N2O3. The third-order valence-corrected chi connectivity index (χ3v) is 2.44. The third-order valence-electron chi connectivity index (χ3n) is 2.44. The second kappa shape index (κ2) is 5.24. The molecule has 0 unspecified atom stereocenters. The lowest BCUT2D eigenvalue weighted by molar-refractivity contribution is -0.274. The van der Waals surface area contributed by atoms with Gasteiger partial charge in [0.15, 0.2) is 0 Å². The average molecular weight is 286 g/mol. The summed E-state index contributed by atoms with van der Waals surface area (Å²) in [5.41, 5.74) is 6.22. The molecule has 2 N–H and O–H groups in total. The number of nitrogens with two attached hydrogens (primary N) is 1. The van der Waals surface area contributed by atoms with Gasteiger partial charge in [0.2, 0.25) is 0 Å². The van der Waals surface area contributed by atoms with Crippen molar-refractivity contribution in [3.8, 4) is 5.75 Å². The molecule has 1 aromatic carbocycles. The Kier molecular flexibility index (Phi) is 3.64. The van der Waals surface area contributed by atoms with Crippen molar-refractivity contribution in [1.82, 2.24) is 5.16 Å². The number of benzene rings is 1. The maximum atomic E-state index is 12.0. The van der Waals surface area contributed by atoms with Crippen LogP contribution < -0.4 is 10.5 Å². The summed E-state index contributed by atoms with van der Waals surface area (Å²) in [4.78, 5) is 11.1. The summed E-state index contributed by atoms with van der Waals surface area (Å²) in [6, 6.07) is 5.21. The smallest absolute Gasteiger partial charge is 0.406 e. The Morgan fingerprint density at radius 3 is 2.50 bits per heavy atom. The van der Waals surface area contributed by atoms with Gasteiger partial charge in [0.25, 0.3) is 5.91 Å². The van der Waals surface area contributed by atoms with Crippen LogP contribution in [0.15, 0.2) is 35.1 Å². The fourth-order valence-electron chi connectivity index (χ4n) is 1.59. The van der Waals surface area contributed by atoms with E-state index in [1.807, 2.05) is 0 Å². The van der Waals surface area contributed by atoms with Crippen molar-refractivity contribution in [1.29, 1.82) is 0 Å². The number of nitrogens with zero attached hydrogens (tertiary/aromatic N) is 1. The number of primary amides is 1. The average Bonchev–Trinajstić information content (AvgIpc) is 2.78. The number of rotatable bonds is 4. The molecule has 0 bridgehead atoms. The zero-order valence-corrected chi connectivity index (χ0v) is 9.98. The van der Waals surface area contributed by atoms with Crippen molar-refractivity contribution < 1.29 is 27.2 Å². The standard InChI is InChI=1S/C12H9F3N2O3/c13-12(14,15)20-8-3-1-7(2-4-8)5-10-9(11(16)18)6-19-17-10/h1-4,6H,5H2,(H2,16,18). The predicted octanol–water partition coefficient (Wildman–Crippen LogP) is 2.26. The van der Waals surface area contributed by atoms with E-state index >= 15 is 0 Å². The Bertz CT molecular complexity index is 605. The highest BCUT2D eigenvalue weighted by atomic mass is 19.4. The van der Waals surface area contributed by atoms with Crippen LogP contribution in [0.1, 0.15) is 21.6 Å². The van der Waals surface area contributed by atoms with Gasteiger partial charge in [0.1, 0.15) is 23.3 Å². The van der Waals surface area contributed by atoms with Crippen LogP contribution in [0.5, 0.6) is 5.75 Å². The molecule has 0 saturated carbocycles. The van der Waals surface area contributed by atoms with E-state index in [9.17, 15) is 18.0 Å². The predicted molar refractivity (Wildman–Crippen MR) is 61.0 cm³/mol. The molecule has 0 aliphatic carbocycles. The summed E-state index contributed by atoms with van der Waals surface area (Å²) >= 11 is 0. The number of carbonyl (C=O) groups is 1. The summed E-state index contributed by atoms with van der Waals surface area (Å²) in [5.74, 6) is -1.00. The van der Waals surface area contributed by atoms with Gasteiger partial charge in [-0.2, -0.15) is 0 Å². The van der Waals surface area contributed by atoms with Crippen molar-refractivity contribution in [3.05, 3.63) is 47.3 Å². The van der Waals surface area contributed by atoms with E-state index in [2.05, 4.69) is 14.4 Å². The van der Waals surface area contributed by atoms with E-state index in [-0.39, 0.29) is 17.7 Å². The SMILES string of the molecule is NC(=O)c1conc1Cc1ccc(OC(F)(F)F)cc1.